The Balaban J connectivity index is 1.91. The van der Waals surface area contributed by atoms with Gasteiger partial charge in [-0.25, -0.2) is 5.43 Å². The third-order valence-electron chi connectivity index (χ3n) is 2.82. The molecule has 0 heterocycles. The first-order valence-corrected chi connectivity index (χ1v) is 6.46. The van der Waals surface area contributed by atoms with Crippen molar-refractivity contribution in [3.63, 3.8) is 0 Å². The summed E-state index contributed by atoms with van der Waals surface area (Å²) in [4.78, 5) is 23.2. The maximum Gasteiger partial charge on any atom is 0.329 e. The fourth-order valence-corrected chi connectivity index (χ4v) is 2.00. The first-order chi connectivity index (χ1) is 9.16. The Hall–Kier alpha value is -1.88. The van der Waals surface area contributed by atoms with E-state index in [0.29, 0.717) is 10.7 Å². The molecule has 2 rings (SSSR count). The minimum absolute atomic E-state index is 0.380. The first-order valence-electron chi connectivity index (χ1n) is 6.08. The van der Waals surface area contributed by atoms with E-state index >= 15 is 0 Å². The predicted octanol–water partition coefficient (Wildman–Crippen LogP) is 2.32. The molecule has 1 aliphatic carbocycles. The van der Waals surface area contributed by atoms with Gasteiger partial charge < -0.3 is 5.32 Å². The fourth-order valence-electron chi connectivity index (χ4n) is 1.82. The Morgan fingerprint density at radius 1 is 1.11 bits per heavy atom. The second-order valence-electron chi connectivity index (χ2n) is 4.26. The molecule has 0 radical (unpaired) electrons. The Morgan fingerprint density at radius 3 is 2.47 bits per heavy atom. The average Bonchev–Trinajstić information content (AvgIpc) is 2.91. The van der Waals surface area contributed by atoms with Gasteiger partial charge in [-0.05, 0) is 37.8 Å². The van der Waals surface area contributed by atoms with Crippen LogP contribution in [0.25, 0.3) is 0 Å². The molecule has 1 aromatic rings. The quantitative estimate of drug-likeness (QED) is 0.644. The van der Waals surface area contributed by atoms with Gasteiger partial charge in [-0.1, -0.05) is 23.7 Å². The van der Waals surface area contributed by atoms with Crippen molar-refractivity contribution in [1.29, 1.82) is 0 Å². The summed E-state index contributed by atoms with van der Waals surface area (Å²) < 4.78 is 0. The number of anilines is 1. The van der Waals surface area contributed by atoms with E-state index in [2.05, 4.69) is 15.8 Å². The summed E-state index contributed by atoms with van der Waals surface area (Å²) in [6.07, 6.45) is 3.93. The number of carbonyl (C=O) groups is 2. The number of halogens is 1. The van der Waals surface area contributed by atoms with Gasteiger partial charge in [0.2, 0.25) is 0 Å². The van der Waals surface area contributed by atoms with E-state index in [0.717, 1.165) is 31.4 Å². The second kappa shape index (κ2) is 6.33. The molecule has 5 nitrogen and oxygen atoms in total. The number of hydrogen-bond acceptors (Lipinski definition) is 3. The normalized spacial score (nSPS) is 14.1. The molecule has 1 fully saturated rings. The van der Waals surface area contributed by atoms with Crippen LogP contribution in [0.15, 0.2) is 29.4 Å². The molecule has 0 saturated heterocycles. The predicted molar refractivity (Wildman–Crippen MR) is 74.1 cm³/mol. The van der Waals surface area contributed by atoms with Gasteiger partial charge in [0.25, 0.3) is 0 Å². The lowest BCUT2D eigenvalue weighted by molar-refractivity contribution is -0.136. The van der Waals surface area contributed by atoms with E-state index in [9.17, 15) is 9.59 Å². The smallest absolute Gasteiger partial charge is 0.316 e. The molecule has 19 heavy (non-hydrogen) atoms. The minimum atomic E-state index is -0.792. The summed E-state index contributed by atoms with van der Waals surface area (Å²) >= 11 is 5.88. The van der Waals surface area contributed by atoms with Gasteiger partial charge in [0.1, 0.15) is 0 Å². The number of amides is 2. The highest BCUT2D eigenvalue weighted by atomic mass is 35.5. The number of hydrogen-bond donors (Lipinski definition) is 2. The van der Waals surface area contributed by atoms with E-state index in [1.807, 2.05) is 0 Å². The zero-order valence-corrected chi connectivity index (χ0v) is 11.0. The zero-order valence-electron chi connectivity index (χ0n) is 10.3. The van der Waals surface area contributed by atoms with E-state index < -0.39 is 11.8 Å². The molecule has 0 aliphatic heterocycles. The Morgan fingerprint density at radius 2 is 1.79 bits per heavy atom. The van der Waals surface area contributed by atoms with Crippen molar-refractivity contribution in [2.24, 2.45) is 5.10 Å². The summed E-state index contributed by atoms with van der Waals surface area (Å²) in [5, 5.41) is 6.75. The molecular weight excluding hydrogens is 266 g/mol. The number of benzene rings is 1. The number of nitrogens with zero attached hydrogens (tertiary/aromatic N) is 1. The van der Waals surface area contributed by atoms with E-state index in [4.69, 9.17) is 11.6 Å². The number of nitrogens with one attached hydrogen (secondary N) is 2. The largest absolute Gasteiger partial charge is 0.329 e. The number of para-hydroxylation sites is 1. The summed E-state index contributed by atoms with van der Waals surface area (Å²) in [5.74, 6) is -1.57. The molecule has 6 heteroatoms. The lowest BCUT2D eigenvalue weighted by Crippen LogP contribution is -2.32. The molecule has 1 saturated carbocycles. The molecule has 2 amide bonds. The average molecular weight is 280 g/mol. The minimum Gasteiger partial charge on any atom is -0.316 e. The van der Waals surface area contributed by atoms with Crippen LogP contribution < -0.4 is 10.7 Å². The third kappa shape index (κ3) is 3.79. The van der Waals surface area contributed by atoms with Crippen molar-refractivity contribution >= 4 is 34.8 Å². The fraction of sp³-hybridized carbons (Fsp3) is 0.308. The number of hydrazone groups is 1. The summed E-state index contributed by atoms with van der Waals surface area (Å²) in [5.41, 5.74) is 3.59. The van der Waals surface area contributed by atoms with Crippen LogP contribution in [0, 0.1) is 0 Å². The number of rotatable bonds is 2. The van der Waals surface area contributed by atoms with Crippen LogP contribution >= 0.6 is 11.6 Å². The molecule has 100 valence electrons. The van der Waals surface area contributed by atoms with E-state index in [1.54, 1.807) is 24.3 Å². The molecule has 1 aliphatic rings. The molecule has 2 N–H and O–H groups in total. The number of carbonyl (C=O) groups excluding carboxylic acids is 2. The topological polar surface area (TPSA) is 70.6 Å². The molecule has 1 aromatic carbocycles. The van der Waals surface area contributed by atoms with Crippen molar-refractivity contribution in [2.45, 2.75) is 25.7 Å². The van der Waals surface area contributed by atoms with Gasteiger partial charge in [-0.15, -0.1) is 0 Å². The van der Waals surface area contributed by atoms with Gasteiger partial charge in [0, 0.05) is 5.71 Å². The highest BCUT2D eigenvalue weighted by Gasteiger charge is 2.15. The summed E-state index contributed by atoms with van der Waals surface area (Å²) in [7, 11) is 0. The van der Waals surface area contributed by atoms with Gasteiger partial charge in [-0.2, -0.15) is 5.10 Å². The van der Waals surface area contributed by atoms with Gasteiger partial charge in [0.15, 0.2) is 0 Å². The molecule has 0 bridgehead atoms. The van der Waals surface area contributed by atoms with Crippen molar-refractivity contribution in [3.8, 4) is 0 Å². The first kappa shape index (κ1) is 13.5. The van der Waals surface area contributed by atoms with E-state index in [1.165, 1.54) is 0 Å². The molecule has 0 spiro atoms. The molecule has 0 atom stereocenters. The van der Waals surface area contributed by atoms with Crippen LogP contribution in [0.3, 0.4) is 0 Å². The SMILES string of the molecule is O=C(NN=C1CCCC1)C(=O)Nc1ccccc1Cl. The third-order valence-corrected chi connectivity index (χ3v) is 3.15. The van der Waals surface area contributed by atoms with Crippen molar-refractivity contribution in [1.82, 2.24) is 5.43 Å². The molecule has 0 unspecified atom stereocenters. The van der Waals surface area contributed by atoms with Crippen LogP contribution in [0.2, 0.25) is 5.02 Å². The van der Waals surface area contributed by atoms with Crippen LogP contribution in [0.1, 0.15) is 25.7 Å². The Kier molecular flexibility index (Phi) is 4.52. The van der Waals surface area contributed by atoms with Crippen LogP contribution in [0.5, 0.6) is 0 Å². The lowest BCUT2D eigenvalue weighted by atomic mass is 10.3. The van der Waals surface area contributed by atoms with Crippen molar-refractivity contribution in [3.05, 3.63) is 29.3 Å². The monoisotopic (exact) mass is 279 g/mol. The maximum atomic E-state index is 11.6. The molecule has 0 aromatic heterocycles. The lowest BCUT2D eigenvalue weighted by Gasteiger charge is -2.05. The van der Waals surface area contributed by atoms with Gasteiger partial charge in [-0.3, -0.25) is 9.59 Å². The maximum absolute atomic E-state index is 11.6. The van der Waals surface area contributed by atoms with Gasteiger partial charge >= 0.3 is 11.8 Å². The molecular formula is C13H14ClN3O2. The van der Waals surface area contributed by atoms with Crippen molar-refractivity contribution in [2.75, 3.05) is 5.32 Å². The van der Waals surface area contributed by atoms with E-state index in [-0.39, 0.29) is 0 Å². The Labute approximate surface area is 116 Å². The summed E-state index contributed by atoms with van der Waals surface area (Å²) in [6, 6.07) is 6.71. The highest BCUT2D eigenvalue weighted by Crippen LogP contribution is 2.20. The van der Waals surface area contributed by atoms with Crippen molar-refractivity contribution < 1.29 is 9.59 Å². The van der Waals surface area contributed by atoms with Gasteiger partial charge in [0.05, 0.1) is 10.7 Å². The van der Waals surface area contributed by atoms with Crippen LogP contribution in [-0.2, 0) is 9.59 Å². The zero-order chi connectivity index (χ0) is 13.7. The van der Waals surface area contributed by atoms with Crippen LogP contribution in [-0.4, -0.2) is 17.5 Å². The highest BCUT2D eigenvalue weighted by molar-refractivity contribution is 6.41. The standard InChI is InChI=1S/C13H14ClN3O2/c14-10-7-3-4-8-11(10)15-12(18)13(19)17-16-9-5-1-2-6-9/h3-4,7-8H,1-2,5-6H2,(H,15,18)(H,17,19). The summed E-state index contributed by atoms with van der Waals surface area (Å²) in [6.45, 7) is 0. The Bertz CT molecular complexity index is 520. The van der Waals surface area contributed by atoms with Crippen LogP contribution in [0.4, 0.5) is 5.69 Å². The second-order valence-corrected chi connectivity index (χ2v) is 4.67.